The number of ether oxygens (including phenoxy) is 1. The van der Waals surface area contributed by atoms with Gasteiger partial charge < -0.3 is 4.74 Å². The summed E-state index contributed by atoms with van der Waals surface area (Å²) in [5.74, 6) is -1.07. The van der Waals surface area contributed by atoms with Gasteiger partial charge in [-0.2, -0.15) is 0 Å². The molecule has 1 saturated carbocycles. The van der Waals surface area contributed by atoms with Gasteiger partial charge in [0.2, 0.25) is 10.0 Å². The van der Waals surface area contributed by atoms with E-state index in [4.69, 9.17) is 11.6 Å². The van der Waals surface area contributed by atoms with E-state index in [-0.39, 0.29) is 23.5 Å². The quantitative estimate of drug-likeness (QED) is 0.621. The third-order valence-corrected chi connectivity index (χ3v) is 5.80. The minimum atomic E-state index is -3.71. The zero-order valence-electron chi connectivity index (χ0n) is 14.0. The van der Waals surface area contributed by atoms with Crippen LogP contribution in [0.1, 0.15) is 26.2 Å². The summed E-state index contributed by atoms with van der Waals surface area (Å²) in [5, 5.41) is 0.448. The minimum Gasteiger partial charge on any atom is -0.469 e. The number of rotatable bonds is 5. The van der Waals surface area contributed by atoms with E-state index in [1.54, 1.807) is 13.0 Å². The van der Waals surface area contributed by atoms with Gasteiger partial charge in [0, 0.05) is 17.5 Å². The molecule has 0 aliphatic heterocycles. The molecule has 2 atom stereocenters. The molecule has 1 aliphatic rings. The standard InChI is InChI=1S/C17H20ClNO5S/c1-11(17(21)24-2)9-12-10-14(5-8-16(12)20)19-25(22,23)15-6-3-13(18)4-7-15/h3-4,6-7,9,11,14,19H,5,8,10H2,1-2H3/b12-9+. The van der Waals surface area contributed by atoms with Crippen molar-refractivity contribution in [2.75, 3.05) is 7.11 Å². The summed E-state index contributed by atoms with van der Waals surface area (Å²) in [7, 11) is -2.42. The number of hydrogen-bond acceptors (Lipinski definition) is 5. The molecule has 0 amide bonds. The van der Waals surface area contributed by atoms with Crippen LogP contribution in [0.15, 0.2) is 40.8 Å². The molecule has 0 saturated heterocycles. The predicted octanol–water partition coefficient (Wildman–Crippen LogP) is 2.48. The first-order valence-electron chi connectivity index (χ1n) is 7.82. The second-order valence-electron chi connectivity index (χ2n) is 5.94. The maximum Gasteiger partial charge on any atom is 0.312 e. The van der Waals surface area contributed by atoms with E-state index < -0.39 is 28.0 Å². The average molecular weight is 386 g/mol. The largest absolute Gasteiger partial charge is 0.469 e. The molecule has 8 heteroatoms. The fraction of sp³-hybridized carbons (Fsp3) is 0.412. The maximum absolute atomic E-state index is 12.4. The van der Waals surface area contributed by atoms with Crippen molar-refractivity contribution in [2.24, 2.45) is 5.92 Å². The summed E-state index contributed by atoms with van der Waals surface area (Å²) in [5.41, 5.74) is 0.452. The predicted molar refractivity (Wildman–Crippen MR) is 93.7 cm³/mol. The van der Waals surface area contributed by atoms with Gasteiger partial charge in [-0.05, 0) is 49.6 Å². The molecule has 1 aromatic carbocycles. The van der Waals surface area contributed by atoms with Gasteiger partial charge in [0.05, 0.1) is 17.9 Å². The molecule has 1 fully saturated rings. The molecule has 136 valence electrons. The van der Waals surface area contributed by atoms with Crippen LogP contribution in [0.25, 0.3) is 0 Å². The van der Waals surface area contributed by atoms with Crippen molar-refractivity contribution in [3.05, 3.63) is 40.9 Å². The molecule has 0 bridgehead atoms. The highest BCUT2D eigenvalue weighted by atomic mass is 35.5. The van der Waals surface area contributed by atoms with Gasteiger partial charge in [-0.25, -0.2) is 13.1 Å². The van der Waals surface area contributed by atoms with Crippen molar-refractivity contribution >= 4 is 33.4 Å². The Morgan fingerprint density at radius 3 is 2.60 bits per heavy atom. The first kappa shape index (κ1) is 19.6. The van der Waals surface area contributed by atoms with E-state index in [1.165, 1.54) is 31.4 Å². The highest BCUT2D eigenvalue weighted by Gasteiger charge is 2.28. The number of esters is 1. The van der Waals surface area contributed by atoms with Gasteiger partial charge in [-0.3, -0.25) is 9.59 Å². The van der Waals surface area contributed by atoms with E-state index in [2.05, 4.69) is 9.46 Å². The monoisotopic (exact) mass is 385 g/mol. The summed E-state index contributed by atoms with van der Waals surface area (Å²) in [6, 6.07) is 5.45. The third kappa shape index (κ3) is 5.14. The number of hydrogen-bond donors (Lipinski definition) is 1. The molecule has 0 heterocycles. The van der Waals surface area contributed by atoms with Crippen LogP contribution in [0.5, 0.6) is 0 Å². The molecule has 1 aliphatic carbocycles. The van der Waals surface area contributed by atoms with Crippen molar-refractivity contribution in [1.29, 1.82) is 0 Å². The number of Topliss-reactive ketones (excluding diaryl/α,β-unsaturated/α-hetero) is 1. The first-order valence-corrected chi connectivity index (χ1v) is 9.68. The number of carbonyl (C=O) groups is 2. The topological polar surface area (TPSA) is 89.5 Å². The number of methoxy groups -OCH3 is 1. The summed E-state index contributed by atoms with van der Waals surface area (Å²) in [6.07, 6.45) is 2.44. The SMILES string of the molecule is COC(=O)C(C)/C=C1\CC(NS(=O)(=O)c2ccc(Cl)cc2)CCC1=O. The number of benzene rings is 1. The van der Waals surface area contributed by atoms with Crippen LogP contribution in [0.3, 0.4) is 0 Å². The van der Waals surface area contributed by atoms with Gasteiger partial charge >= 0.3 is 5.97 Å². The number of sulfonamides is 1. The van der Waals surface area contributed by atoms with Crippen LogP contribution in [-0.4, -0.2) is 33.3 Å². The molecule has 25 heavy (non-hydrogen) atoms. The summed E-state index contributed by atoms with van der Waals surface area (Å²) < 4.78 is 32.2. The van der Waals surface area contributed by atoms with E-state index in [1.807, 2.05) is 0 Å². The van der Waals surface area contributed by atoms with Gasteiger partial charge in [-0.1, -0.05) is 17.7 Å². The van der Waals surface area contributed by atoms with E-state index in [0.717, 1.165) is 0 Å². The van der Waals surface area contributed by atoms with E-state index in [0.29, 0.717) is 17.0 Å². The van der Waals surface area contributed by atoms with E-state index in [9.17, 15) is 18.0 Å². The second kappa shape index (κ2) is 8.12. The lowest BCUT2D eigenvalue weighted by molar-refractivity contribution is -0.143. The lowest BCUT2D eigenvalue weighted by Crippen LogP contribution is -2.38. The molecule has 2 unspecified atom stereocenters. The van der Waals surface area contributed by atoms with Crippen LogP contribution in [0.4, 0.5) is 0 Å². The zero-order chi connectivity index (χ0) is 18.6. The van der Waals surface area contributed by atoms with Crippen LogP contribution >= 0.6 is 11.6 Å². The smallest absolute Gasteiger partial charge is 0.312 e. The Kier molecular flexibility index (Phi) is 6.37. The van der Waals surface area contributed by atoms with Gasteiger partial charge in [0.15, 0.2) is 5.78 Å². The molecule has 6 nitrogen and oxygen atoms in total. The average Bonchev–Trinajstić information content (AvgIpc) is 2.57. The summed E-state index contributed by atoms with van der Waals surface area (Å²) >= 11 is 5.78. The lowest BCUT2D eigenvalue weighted by atomic mass is 9.88. The first-order chi connectivity index (χ1) is 11.7. The maximum atomic E-state index is 12.4. The van der Waals surface area contributed by atoms with Crippen LogP contribution in [0.2, 0.25) is 5.02 Å². The molecule has 0 aromatic heterocycles. The Bertz CT molecular complexity index is 786. The normalized spacial score (nSPS) is 21.2. The highest BCUT2D eigenvalue weighted by molar-refractivity contribution is 7.89. The fourth-order valence-electron chi connectivity index (χ4n) is 2.67. The van der Waals surface area contributed by atoms with Gasteiger partial charge in [0.25, 0.3) is 0 Å². The Balaban J connectivity index is 2.13. The van der Waals surface area contributed by atoms with Crippen molar-refractivity contribution in [3.63, 3.8) is 0 Å². The molecular formula is C17H20ClNO5S. The Morgan fingerprint density at radius 1 is 1.36 bits per heavy atom. The minimum absolute atomic E-state index is 0.0716. The molecular weight excluding hydrogens is 366 g/mol. The summed E-state index contributed by atoms with van der Waals surface area (Å²) in [4.78, 5) is 23.7. The van der Waals surface area contributed by atoms with Crippen molar-refractivity contribution < 1.29 is 22.7 Å². The fourth-order valence-corrected chi connectivity index (χ4v) is 4.06. The van der Waals surface area contributed by atoms with Gasteiger partial charge in [0.1, 0.15) is 0 Å². The van der Waals surface area contributed by atoms with Crippen LogP contribution in [0, 0.1) is 5.92 Å². The summed E-state index contributed by atoms with van der Waals surface area (Å²) in [6.45, 7) is 1.63. The van der Waals surface area contributed by atoms with Gasteiger partial charge in [-0.15, -0.1) is 0 Å². The Morgan fingerprint density at radius 2 is 2.00 bits per heavy atom. The van der Waals surface area contributed by atoms with Crippen LogP contribution < -0.4 is 4.72 Å². The number of halogens is 1. The number of ketones is 1. The van der Waals surface area contributed by atoms with Crippen molar-refractivity contribution in [2.45, 2.75) is 37.1 Å². The lowest BCUT2D eigenvalue weighted by Gasteiger charge is -2.24. The Hall–Kier alpha value is -1.70. The third-order valence-electron chi connectivity index (χ3n) is 4.01. The Labute approximate surface area is 152 Å². The highest BCUT2D eigenvalue weighted by Crippen LogP contribution is 2.24. The number of nitrogens with one attached hydrogen (secondary N) is 1. The van der Waals surface area contributed by atoms with E-state index >= 15 is 0 Å². The zero-order valence-corrected chi connectivity index (χ0v) is 15.6. The molecule has 1 N–H and O–H groups in total. The van der Waals surface area contributed by atoms with Crippen LogP contribution in [-0.2, 0) is 24.3 Å². The molecule has 2 rings (SSSR count). The molecule has 0 spiro atoms. The van der Waals surface area contributed by atoms with Crippen molar-refractivity contribution in [1.82, 2.24) is 4.72 Å². The second-order valence-corrected chi connectivity index (χ2v) is 8.09. The number of carbonyl (C=O) groups excluding carboxylic acids is 2. The molecule has 1 aromatic rings. The molecule has 0 radical (unpaired) electrons. The van der Waals surface area contributed by atoms with Crippen molar-refractivity contribution in [3.8, 4) is 0 Å².